The average Bonchev–Trinajstić information content (AvgIpc) is 2.67. The van der Waals surface area contributed by atoms with Crippen molar-refractivity contribution in [2.75, 3.05) is 0 Å². The Balaban J connectivity index is 2.24. The van der Waals surface area contributed by atoms with Crippen LogP contribution in [0.1, 0.15) is 23.6 Å². The summed E-state index contributed by atoms with van der Waals surface area (Å²) in [6.45, 7) is 1.12. The Labute approximate surface area is 175 Å². The molecule has 6 nitrogen and oxygen atoms in total. The zero-order valence-corrected chi connectivity index (χ0v) is 16.4. The highest BCUT2D eigenvalue weighted by molar-refractivity contribution is 5.90. The monoisotopic (exact) mass is 440 g/mol. The summed E-state index contributed by atoms with van der Waals surface area (Å²) in [6, 6.07) is 6.91. The van der Waals surface area contributed by atoms with E-state index in [0.717, 1.165) is 25.1 Å². The highest BCUT2D eigenvalue weighted by Gasteiger charge is 2.35. The first kappa shape index (κ1) is 23.8. The van der Waals surface area contributed by atoms with E-state index in [1.54, 1.807) is 0 Å². The van der Waals surface area contributed by atoms with Gasteiger partial charge >= 0.3 is 12.1 Å². The van der Waals surface area contributed by atoms with Gasteiger partial charge in [-0.15, -0.1) is 0 Å². The van der Waals surface area contributed by atoms with Crippen molar-refractivity contribution < 1.29 is 37.1 Å². The molecule has 31 heavy (non-hydrogen) atoms. The van der Waals surface area contributed by atoms with Gasteiger partial charge in [0.1, 0.15) is 17.9 Å². The number of carboxylic acid groups (broad SMARTS) is 1. The van der Waals surface area contributed by atoms with Gasteiger partial charge in [0.05, 0.1) is 5.56 Å². The smallest absolute Gasteiger partial charge is 0.416 e. The molecular formula is C21H20F4N2O4. The van der Waals surface area contributed by atoms with Crippen LogP contribution in [-0.4, -0.2) is 35.0 Å². The van der Waals surface area contributed by atoms with Gasteiger partial charge in [-0.05, 0) is 23.3 Å². The fourth-order valence-electron chi connectivity index (χ4n) is 3.01. The lowest BCUT2D eigenvalue weighted by atomic mass is 9.99. The van der Waals surface area contributed by atoms with E-state index >= 15 is 0 Å². The largest absolute Gasteiger partial charge is 0.480 e. The van der Waals surface area contributed by atoms with E-state index in [0.29, 0.717) is 0 Å². The fourth-order valence-corrected chi connectivity index (χ4v) is 3.01. The van der Waals surface area contributed by atoms with Crippen molar-refractivity contribution in [3.63, 3.8) is 0 Å². The summed E-state index contributed by atoms with van der Waals surface area (Å²) in [6.07, 6.45) is -5.61. The standard InChI is InChI=1S/C21H20F4N2O4/c1-12(28)26-17(11-14-7-3-5-9-16(14)22)19(29)27-18(20(30)31)10-13-6-2-4-8-15(13)21(23,24)25/h2-9,17-18H,10-11H2,1H3,(H,26,28)(H,27,29)(H,30,31)/t17-,18-/m0/s1. The van der Waals surface area contributed by atoms with Crippen LogP contribution in [0, 0.1) is 5.82 Å². The van der Waals surface area contributed by atoms with E-state index < -0.39 is 53.8 Å². The number of carboxylic acids is 1. The van der Waals surface area contributed by atoms with Crippen molar-refractivity contribution in [2.24, 2.45) is 0 Å². The molecule has 0 aliphatic heterocycles. The summed E-state index contributed by atoms with van der Waals surface area (Å²) >= 11 is 0. The number of benzene rings is 2. The zero-order chi connectivity index (χ0) is 23.2. The Bertz CT molecular complexity index is 962. The Kier molecular flexibility index (Phi) is 7.73. The maximum Gasteiger partial charge on any atom is 0.416 e. The summed E-state index contributed by atoms with van der Waals surface area (Å²) in [5, 5.41) is 13.9. The summed E-state index contributed by atoms with van der Waals surface area (Å²) in [5.41, 5.74) is -1.22. The molecule has 0 fully saturated rings. The first-order valence-electron chi connectivity index (χ1n) is 9.17. The third-order valence-corrected chi connectivity index (χ3v) is 4.44. The molecular weight excluding hydrogens is 420 g/mol. The van der Waals surface area contributed by atoms with E-state index in [-0.39, 0.29) is 17.5 Å². The van der Waals surface area contributed by atoms with Crippen LogP contribution in [0.3, 0.4) is 0 Å². The van der Waals surface area contributed by atoms with Crippen molar-refractivity contribution in [2.45, 2.75) is 38.0 Å². The van der Waals surface area contributed by atoms with Gasteiger partial charge in [0.25, 0.3) is 0 Å². The Hall–Kier alpha value is -3.43. The minimum absolute atomic E-state index is 0.102. The summed E-state index contributed by atoms with van der Waals surface area (Å²) in [4.78, 5) is 35.7. The molecule has 10 heteroatoms. The number of halogens is 4. The highest BCUT2D eigenvalue weighted by Crippen LogP contribution is 2.32. The number of aliphatic carboxylic acids is 1. The van der Waals surface area contributed by atoms with Crippen LogP contribution in [0.15, 0.2) is 48.5 Å². The number of hydrogen-bond acceptors (Lipinski definition) is 3. The summed E-state index contributed by atoms with van der Waals surface area (Å²) in [5.74, 6) is -3.77. The van der Waals surface area contributed by atoms with Gasteiger partial charge < -0.3 is 15.7 Å². The molecule has 2 rings (SSSR count). The molecule has 3 N–H and O–H groups in total. The second-order valence-corrected chi connectivity index (χ2v) is 6.81. The maximum absolute atomic E-state index is 13.9. The molecule has 2 aromatic rings. The second-order valence-electron chi connectivity index (χ2n) is 6.81. The third-order valence-electron chi connectivity index (χ3n) is 4.44. The van der Waals surface area contributed by atoms with Gasteiger partial charge in [-0.3, -0.25) is 9.59 Å². The average molecular weight is 440 g/mol. The number of rotatable bonds is 8. The Morgan fingerprint density at radius 1 is 0.903 bits per heavy atom. The van der Waals surface area contributed by atoms with Gasteiger partial charge in [-0.2, -0.15) is 13.2 Å². The highest BCUT2D eigenvalue weighted by atomic mass is 19.4. The summed E-state index contributed by atoms with van der Waals surface area (Å²) in [7, 11) is 0. The van der Waals surface area contributed by atoms with Gasteiger partial charge in [0, 0.05) is 19.8 Å². The second kappa shape index (κ2) is 10.1. The Morgan fingerprint density at radius 2 is 1.45 bits per heavy atom. The fraction of sp³-hybridized carbons (Fsp3) is 0.286. The Morgan fingerprint density at radius 3 is 2.00 bits per heavy atom. The molecule has 0 radical (unpaired) electrons. The minimum Gasteiger partial charge on any atom is -0.480 e. The molecule has 0 aromatic heterocycles. The molecule has 2 amide bonds. The van der Waals surface area contributed by atoms with Crippen molar-refractivity contribution in [3.05, 3.63) is 71.0 Å². The predicted octanol–water partition coefficient (Wildman–Crippen LogP) is 2.70. The van der Waals surface area contributed by atoms with Gasteiger partial charge in [-0.25, -0.2) is 9.18 Å². The number of carbonyl (C=O) groups excluding carboxylic acids is 2. The van der Waals surface area contributed by atoms with Crippen LogP contribution in [0.4, 0.5) is 17.6 Å². The molecule has 0 heterocycles. The van der Waals surface area contributed by atoms with Crippen molar-refractivity contribution in [3.8, 4) is 0 Å². The molecule has 0 aliphatic carbocycles. The molecule has 166 valence electrons. The number of carbonyl (C=O) groups is 3. The van der Waals surface area contributed by atoms with Crippen molar-refractivity contribution in [1.82, 2.24) is 10.6 Å². The van der Waals surface area contributed by atoms with E-state index in [2.05, 4.69) is 10.6 Å². The number of amides is 2. The van der Waals surface area contributed by atoms with Crippen LogP contribution in [0.2, 0.25) is 0 Å². The van der Waals surface area contributed by atoms with Gasteiger partial charge in [0.15, 0.2) is 0 Å². The molecule has 0 unspecified atom stereocenters. The normalized spacial score (nSPS) is 13.2. The predicted molar refractivity (Wildman–Crippen MR) is 102 cm³/mol. The third kappa shape index (κ3) is 6.80. The van der Waals surface area contributed by atoms with E-state index in [1.165, 1.54) is 30.3 Å². The summed E-state index contributed by atoms with van der Waals surface area (Å²) < 4.78 is 53.5. The van der Waals surface area contributed by atoms with E-state index in [9.17, 15) is 37.1 Å². The van der Waals surface area contributed by atoms with Crippen LogP contribution in [0.25, 0.3) is 0 Å². The first-order chi connectivity index (χ1) is 14.5. The van der Waals surface area contributed by atoms with Gasteiger partial charge in [-0.1, -0.05) is 36.4 Å². The number of hydrogen-bond donors (Lipinski definition) is 3. The molecule has 2 atom stereocenters. The zero-order valence-electron chi connectivity index (χ0n) is 16.4. The minimum atomic E-state index is -4.70. The van der Waals surface area contributed by atoms with Crippen molar-refractivity contribution >= 4 is 17.8 Å². The molecule has 0 saturated heterocycles. The number of nitrogens with one attached hydrogen (secondary N) is 2. The lowest BCUT2D eigenvalue weighted by Gasteiger charge is -2.22. The van der Waals surface area contributed by atoms with E-state index in [4.69, 9.17) is 0 Å². The van der Waals surface area contributed by atoms with Crippen LogP contribution in [0.5, 0.6) is 0 Å². The van der Waals surface area contributed by atoms with Crippen LogP contribution in [-0.2, 0) is 33.4 Å². The van der Waals surface area contributed by atoms with E-state index in [1.807, 2.05) is 0 Å². The molecule has 2 aromatic carbocycles. The van der Waals surface area contributed by atoms with Crippen LogP contribution >= 0.6 is 0 Å². The topological polar surface area (TPSA) is 95.5 Å². The maximum atomic E-state index is 13.9. The lowest BCUT2D eigenvalue weighted by molar-refractivity contribution is -0.143. The molecule has 0 saturated carbocycles. The van der Waals surface area contributed by atoms with Crippen molar-refractivity contribution in [1.29, 1.82) is 0 Å². The molecule has 0 spiro atoms. The number of alkyl halides is 3. The van der Waals surface area contributed by atoms with Crippen LogP contribution < -0.4 is 10.6 Å². The first-order valence-corrected chi connectivity index (χ1v) is 9.17. The molecule has 0 aliphatic rings. The quantitative estimate of drug-likeness (QED) is 0.550. The SMILES string of the molecule is CC(=O)N[C@@H](Cc1ccccc1F)C(=O)N[C@@H](Cc1ccccc1C(F)(F)F)C(=O)O. The lowest BCUT2D eigenvalue weighted by Crippen LogP contribution is -2.52. The van der Waals surface area contributed by atoms with Gasteiger partial charge in [0.2, 0.25) is 11.8 Å². The molecule has 0 bridgehead atoms.